The number of anilines is 1. The van der Waals surface area contributed by atoms with Crippen LogP contribution in [-0.4, -0.2) is 13.4 Å². The Morgan fingerprint density at radius 1 is 1.12 bits per heavy atom. The van der Waals surface area contributed by atoms with E-state index >= 15 is 0 Å². The standard InChI is InChI=1S/C12H12N2O2S/c1-10-5-4-6-11(9-10)14-17(15,16)12-7-2-3-8-13-12/h2-9,14H,1H3. The number of nitrogens with one attached hydrogen (secondary N) is 1. The smallest absolute Gasteiger partial charge is 0.278 e. The fourth-order valence-corrected chi connectivity index (χ4v) is 2.42. The van der Waals surface area contributed by atoms with Crippen LogP contribution in [0.3, 0.4) is 0 Å². The molecule has 0 saturated heterocycles. The topological polar surface area (TPSA) is 59.1 Å². The van der Waals surface area contributed by atoms with Crippen molar-refractivity contribution in [3.05, 3.63) is 54.2 Å². The Morgan fingerprint density at radius 2 is 1.94 bits per heavy atom. The van der Waals surface area contributed by atoms with Crippen LogP contribution >= 0.6 is 0 Å². The van der Waals surface area contributed by atoms with Crippen LogP contribution in [0.15, 0.2) is 53.7 Å². The van der Waals surface area contributed by atoms with E-state index in [1.54, 1.807) is 30.3 Å². The lowest BCUT2D eigenvalue weighted by atomic mass is 10.2. The van der Waals surface area contributed by atoms with Gasteiger partial charge in [0, 0.05) is 11.9 Å². The van der Waals surface area contributed by atoms with Gasteiger partial charge in [-0.3, -0.25) is 4.72 Å². The van der Waals surface area contributed by atoms with Crippen molar-refractivity contribution in [3.8, 4) is 0 Å². The second-order valence-corrected chi connectivity index (χ2v) is 5.27. The summed E-state index contributed by atoms with van der Waals surface area (Å²) in [7, 11) is -3.59. The van der Waals surface area contributed by atoms with Crippen molar-refractivity contribution in [2.75, 3.05) is 4.72 Å². The number of nitrogens with zero attached hydrogens (tertiary/aromatic N) is 1. The van der Waals surface area contributed by atoms with Crippen molar-refractivity contribution in [2.24, 2.45) is 0 Å². The van der Waals surface area contributed by atoms with Gasteiger partial charge in [-0.2, -0.15) is 8.42 Å². The number of rotatable bonds is 3. The largest absolute Gasteiger partial charge is 0.279 e. The molecular formula is C12H12N2O2S. The van der Waals surface area contributed by atoms with E-state index < -0.39 is 10.0 Å². The first-order valence-electron chi connectivity index (χ1n) is 5.08. The summed E-state index contributed by atoms with van der Waals surface area (Å²) in [6, 6.07) is 11.9. The van der Waals surface area contributed by atoms with E-state index in [-0.39, 0.29) is 5.03 Å². The number of hydrogen-bond acceptors (Lipinski definition) is 3. The van der Waals surface area contributed by atoms with Gasteiger partial charge in [0.15, 0.2) is 5.03 Å². The van der Waals surface area contributed by atoms with Gasteiger partial charge in [-0.05, 0) is 36.8 Å². The molecule has 0 radical (unpaired) electrons. The Balaban J connectivity index is 2.30. The van der Waals surface area contributed by atoms with E-state index in [9.17, 15) is 8.42 Å². The molecule has 0 aliphatic rings. The predicted octanol–water partition coefficient (Wildman–Crippen LogP) is 2.19. The van der Waals surface area contributed by atoms with Crippen LogP contribution in [0, 0.1) is 6.92 Å². The molecule has 1 aromatic heterocycles. The van der Waals surface area contributed by atoms with E-state index in [1.165, 1.54) is 12.3 Å². The average Bonchev–Trinajstić information content (AvgIpc) is 2.29. The fourth-order valence-electron chi connectivity index (χ4n) is 1.42. The Bertz CT molecular complexity index is 609. The highest BCUT2D eigenvalue weighted by atomic mass is 32.2. The second-order valence-electron chi connectivity index (χ2n) is 3.64. The molecule has 0 unspecified atom stereocenters. The van der Waals surface area contributed by atoms with Crippen molar-refractivity contribution in [1.29, 1.82) is 0 Å². The second kappa shape index (κ2) is 4.55. The Kier molecular flexibility index (Phi) is 3.10. The van der Waals surface area contributed by atoms with E-state index in [4.69, 9.17) is 0 Å². The molecule has 0 fully saturated rings. The molecule has 0 atom stereocenters. The molecule has 0 bridgehead atoms. The Labute approximate surface area is 100 Å². The van der Waals surface area contributed by atoms with Gasteiger partial charge in [-0.1, -0.05) is 18.2 Å². The van der Waals surface area contributed by atoms with Gasteiger partial charge < -0.3 is 0 Å². The van der Waals surface area contributed by atoms with Gasteiger partial charge in [0.25, 0.3) is 10.0 Å². The van der Waals surface area contributed by atoms with E-state index in [0.717, 1.165) is 5.56 Å². The van der Waals surface area contributed by atoms with Crippen LogP contribution < -0.4 is 4.72 Å². The number of hydrogen-bond donors (Lipinski definition) is 1. The van der Waals surface area contributed by atoms with E-state index in [0.29, 0.717) is 5.69 Å². The number of aromatic nitrogens is 1. The fraction of sp³-hybridized carbons (Fsp3) is 0.0833. The summed E-state index contributed by atoms with van der Waals surface area (Å²) in [6.45, 7) is 1.90. The summed E-state index contributed by atoms with van der Waals surface area (Å²) in [5.41, 5.74) is 1.53. The van der Waals surface area contributed by atoms with Gasteiger partial charge in [0.2, 0.25) is 0 Å². The molecule has 88 valence electrons. The van der Waals surface area contributed by atoms with E-state index in [2.05, 4.69) is 9.71 Å². The first-order chi connectivity index (χ1) is 8.08. The third-order valence-corrected chi connectivity index (χ3v) is 3.48. The van der Waals surface area contributed by atoms with Crippen molar-refractivity contribution in [3.63, 3.8) is 0 Å². The third kappa shape index (κ3) is 2.82. The molecule has 2 aromatic rings. The molecule has 1 N–H and O–H groups in total. The van der Waals surface area contributed by atoms with Gasteiger partial charge in [0.1, 0.15) is 0 Å². The zero-order valence-electron chi connectivity index (χ0n) is 9.29. The SMILES string of the molecule is Cc1cccc(NS(=O)(=O)c2ccccn2)c1. The number of benzene rings is 1. The molecule has 0 aliphatic carbocycles. The van der Waals surface area contributed by atoms with Gasteiger partial charge in [0.05, 0.1) is 0 Å². The Hall–Kier alpha value is -1.88. The first kappa shape index (κ1) is 11.6. The van der Waals surface area contributed by atoms with Crippen LogP contribution in [0.2, 0.25) is 0 Å². The third-order valence-electron chi connectivity index (χ3n) is 2.18. The number of sulfonamides is 1. The molecule has 2 rings (SSSR count). The molecular weight excluding hydrogens is 236 g/mol. The minimum Gasteiger partial charge on any atom is -0.278 e. The first-order valence-corrected chi connectivity index (χ1v) is 6.57. The molecule has 0 amide bonds. The Morgan fingerprint density at radius 3 is 2.59 bits per heavy atom. The zero-order valence-corrected chi connectivity index (χ0v) is 10.1. The highest BCUT2D eigenvalue weighted by molar-refractivity contribution is 7.92. The van der Waals surface area contributed by atoms with Crippen LogP contribution in [0.5, 0.6) is 0 Å². The molecule has 1 aromatic carbocycles. The van der Waals surface area contributed by atoms with Gasteiger partial charge in [-0.15, -0.1) is 0 Å². The average molecular weight is 248 g/mol. The van der Waals surface area contributed by atoms with Gasteiger partial charge >= 0.3 is 0 Å². The van der Waals surface area contributed by atoms with Crippen LogP contribution in [0.25, 0.3) is 0 Å². The molecule has 0 spiro atoms. The number of pyridine rings is 1. The van der Waals surface area contributed by atoms with Crippen molar-refractivity contribution < 1.29 is 8.42 Å². The molecule has 1 heterocycles. The van der Waals surface area contributed by atoms with Crippen molar-refractivity contribution in [2.45, 2.75) is 11.9 Å². The molecule has 17 heavy (non-hydrogen) atoms. The summed E-state index contributed by atoms with van der Waals surface area (Å²) in [5, 5.41) is 0.0153. The number of aryl methyl sites for hydroxylation is 1. The highest BCUT2D eigenvalue weighted by Gasteiger charge is 2.14. The van der Waals surface area contributed by atoms with Crippen LogP contribution in [0.1, 0.15) is 5.56 Å². The normalized spacial score (nSPS) is 11.1. The summed E-state index contributed by atoms with van der Waals surface area (Å²) in [4.78, 5) is 3.82. The van der Waals surface area contributed by atoms with E-state index in [1.807, 2.05) is 13.0 Å². The molecule has 0 aliphatic heterocycles. The monoisotopic (exact) mass is 248 g/mol. The molecule has 5 heteroatoms. The summed E-state index contributed by atoms with van der Waals surface area (Å²) in [6.07, 6.45) is 1.45. The molecule has 0 saturated carbocycles. The summed E-state index contributed by atoms with van der Waals surface area (Å²) >= 11 is 0. The van der Waals surface area contributed by atoms with Gasteiger partial charge in [-0.25, -0.2) is 4.98 Å². The molecule has 4 nitrogen and oxygen atoms in total. The maximum atomic E-state index is 11.9. The zero-order chi connectivity index (χ0) is 12.3. The maximum Gasteiger partial charge on any atom is 0.279 e. The predicted molar refractivity (Wildman–Crippen MR) is 66.2 cm³/mol. The minimum absolute atomic E-state index is 0.0153. The van der Waals surface area contributed by atoms with Crippen LogP contribution in [-0.2, 0) is 10.0 Å². The summed E-state index contributed by atoms with van der Waals surface area (Å²) < 4.78 is 26.4. The lowest BCUT2D eigenvalue weighted by molar-refractivity contribution is 0.597. The lowest BCUT2D eigenvalue weighted by Gasteiger charge is -2.07. The summed E-state index contributed by atoms with van der Waals surface area (Å²) in [5.74, 6) is 0. The van der Waals surface area contributed by atoms with Crippen molar-refractivity contribution >= 4 is 15.7 Å². The maximum absolute atomic E-state index is 11.9. The lowest BCUT2D eigenvalue weighted by Crippen LogP contribution is -2.14. The van der Waals surface area contributed by atoms with Crippen LogP contribution in [0.4, 0.5) is 5.69 Å². The highest BCUT2D eigenvalue weighted by Crippen LogP contribution is 2.14. The van der Waals surface area contributed by atoms with Crippen molar-refractivity contribution in [1.82, 2.24) is 4.98 Å². The quantitative estimate of drug-likeness (QED) is 0.905. The minimum atomic E-state index is -3.59.